The maximum Gasteiger partial charge on any atom is 0.315 e. The first kappa shape index (κ1) is 16.9. The number of amides is 2. The molecule has 25 heavy (non-hydrogen) atoms. The molecule has 1 atom stereocenters. The van der Waals surface area contributed by atoms with Crippen LogP contribution < -0.4 is 10.6 Å². The normalized spacial score (nSPS) is 11.9. The number of nitrogens with one attached hydrogen (secondary N) is 2. The van der Waals surface area contributed by atoms with E-state index in [9.17, 15) is 9.90 Å². The number of fused-ring (bicyclic) bond motifs is 1. The minimum Gasteiger partial charge on any atom is -0.387 e. The van der Waals surface area contributed by atoms with Crippen LogP contribution in [0.1, 0.15) is 22.9 Å². The summed E-state index contributed by atoms with van der Waals surface area (Å²) in [6, 6.07) is 17.3. The fraction of sp³-hybridized carbons (Fsp3) is 0.200. The van der Waals surface area contributed by atoms with Gasteiger partial charge in [0.15, 0.2) is 0 Å². The number of benzene rings is 2. The lowest BCUT2D eigenvalue weighted by Gasteiger charge is -2.14. The van der Waals surface area contributed by atoms with Crippen LogP contribution in [0.25, 0.3) is 10.8 Å². The summed E-state index contributed by atoms with van der Waals surface area (Å²) in [5, 5.41) is 17.9. The van der Waals surface area contributed by atoms with Gasteiger partial charge in [0, 0.05) is 25.0 Å². The van der Waals surface area contributed by atoms with E-state index in [2.05, 4.69) is 15.6 Å². The number of carbonyl (C=O) groups excluding carboxylic acids is 1. The van der Waals surface area contributed by atoms with Gasteiger partial charge in [-0.1, -0.05) is 42.5 Å². The van der Waals surface area contributed by atoms with Crippen LogP contribution in [-0.4, -0.2) is 22.7 Å². The summed E-state index contributed by atoms with van der Waals surface area (Å²) in [5.74, 6) is 0. The second kappa shape index (κ2) is 7.77. The quantitative estimate of drug-likeness (QED) is 0.671. The number of urea groups is 1. The molecule has 128 valence electrons. The lowest BCUT2D eigenvalue weighted by Crippen LogP contribution is -2.37. The summed E-state index contributed by atoms with van der Waals surface area (Å²) in [6.07, 6.45) is 0.982. The molecular weight excluding hydrogens is 314 g/mol. The van der Waals surface area contributed by atoms with Crippen LogP contribution >= 0.6 is 0 Å². The van der Waals surface area contributed by atoms with E-state index in [1.807, 2.05) is 61.5 Å². The van der Waals surface area contributed by atoms with Gasteiger partial charge in [0.2, 0.25) is 0 Å². The van der Waals surface area contributed by atoms with Gasteiger partial charge in [-0.3, -0.25) is 4.98 Å². The average Bonchev–Trinajstić information content (AvgIpc) is 2.65. The van der Waals surface area contributed by atoms with Crippen LogP contribution in [0.4, 0.5) is 4.79 Å². The van der Waals surface area contributed by atoms with Crippen molar-refractivity contribution in [3.63, 3.8) is 0 Å². The Hall–Kier alpha value is -2.92. The van der Waals surface area contributed by atoms with Crippen LogP contribution in [-0.2, 0) is 6.54 Å². The predicted molar refractivity (Wildman–Crippen MR) is 98.1 cm³/mol. The first-order chi connectivity index (χ1) is 12.1. The van der Waals surface area contributed by atoms with Gasteiger partial charge in [-0.2, -0.15) is 0 Å². The molecule has 5 nitrogen and oxygen atoms in total. The Morgan fingerprint density at radius 1 is 1.08 bits per heavy atom. The zero-order valence-electron chi connectivity index (χ0n) is 14.1. The number of aromatic nitrogens is 1. The van der Waals surface area contributed by atoms with Crippen molar-refractivity contribution in [1.29, 1.82) is 0 Å². The lowest BCUT2D eigenvalue weighted by atomic mass is 10.0. The summed E-state index contributed by atoms with van der Waals surface area (Å²) in [4.78, 5) is 16.1. The van der Waals surface area contributed by atoms with E-state index in [0.717, 1.165) is 27.6 Å². The number of carbonyl (C=O) groups is 1. The Kier molecular flexibility index (Phi) is 5.26. The second-order valence-corrected chi connectivity index (χ2v) is 5.99. The van der Waals surface area contributed by atoms with Crippen molar-refractivity contribution in [1.82, 2.24) is 15.6 Å². The van der Waals surface area contributed by atoms with Gasteiger partial charge < -0.3 is 15.7 Å². The molecule has 0 bridgehead atoms. The van der Waals surface area contributed by atoms with E-state index in [1.54, 1.807) is 6.20 Å². The Morgan fingerprint density at radius 2 is 1.88 bits per heavy atom. The van der Waals surface area contributed by atoms with Crippen molar-refractivity contribution in [2.75, 3.05) is 6.54 Å². The minimum absolute atomic E-state index is 0.149. The molecule has 0 spiro atoms. The topological polar surface area (TPSA) is 74.2 Å². The van der Waals surface area contributed by atoms with E-state index in [1.165, 1.54) is 0 Å². The Bertz CT molecular complexity index is 862. The van der Waals surface area contributed by atoms with Crippen molar-refractivity contribution < 1.29 is 9.90 Å². The third-order valence-corrected chi connectivity index (χ3v) is 4.04. The first-order valence-corrected chi connectivity index (χ1v) is 8.22. The molecule has 0 aliphatic rings. The van der Waals surface area contributed by atoms with Gasteiger partial charge in [-0.05, 0) is 41.0 Å². The first-order valence-electron chi connectivity index (χ1n) is 8.22. The molecule has 1 aromatic heterocycles. The SMILES string of the molecule is Cc1ccc(CNC(=O)NC[C@H](O)c2ccc3ccccc3c2)cn1. The van der Waals surface area contributed by atoms with Gasteiger partial charge in [-0.15, -0.1) is 0 Å². The van der Waals surface area contributed by atoms with E-state index in [-0.39, 0.29) is 12.6 Å². The van der Waals surface area contributed by atoms with E-state index in [4.69, 9.17) is 0 Å². The summed E-state index contributed by atoms with van der Waals surface area (Å²) < 4.78 is 0. The zero-order valence-corrected chi connectivity index (χ0v) is 14.1. The minimum atomic E-state index is -0.753. The Balaban J connectivity index is 1.51. The fourth-order valence-electron chi connectivity index (χ4n) is 2.57. The number of hydrogen-bond donors (Lipinski definition) is 3. The van der Waals surface area contributed by atoms with Crippen molar-refractivity contribution in [2.45, 2.75) is 19.6 Å². The van der Waals surface area contributed by atoms with E-state index in [0.29, 0.717) is 6.54 Å². The van der Waals surface area contributed by atoms with Gasteiger partial charge in [0.25, 0.3) is 0 Å². The maximum atomic E-state index is 11.9. The summed E-state index contributed by atoms with van der Waals surface area (Å²) in [5.41, 5.74) is 2.64. The number of aryl methyl sites for hydroxylation is 1. The molecule has 0 aliphatic heterocycles. The molecule has 3 N–H and O–H groups in total. The van der Waals surface area contributed by atoms with E-state index < -0.39 is 6.10 Å². The largest absolute Gasteiger partial charge is 0.387 e. The van der Waals surface area contributed by atoms with E-state index >= 15 is 0 Å². The number of rotatable bonds is 5. The highest BCUT2D eigenvalue weighted by molar-refractivity contribution is 5.83. The van der Waals surface area contributed by atoms with Crippen LogP contribution in [0.15, 0.2) is 60.8 Å². The number of hydrogen-bond acceptors (Lipinski definition) is 3. The number of nitrogens with zero attached hydrogens (tertiary/aromatic N) is 1. The highest BCUT2D eigenvalue weighted by Gasteiger charge is 2.10. The molecule has 3 aromatic rings. The van der Waals surface area contributed by atoms with Crippen LogP contribution in [0.2, 0.25) is 0 Å². The fourth-order valence-corrected chi connectivity index (χ4v) is 2.57. The summed E-state index contributed by atoms with van der Waals surface area (Å²) >= 11 is 0. The molecule has 1 heterocycles. The highest BCUT2D eigenvalue weighted by Crippen LogP contribution is 2.20. The third-order valence-electron chi connectivity index (χ3n) is 4.04. The van der Waals surface area contributed by atoms with Gasteiger partial charge in [0.05, 0.1) is 6.10 Å². The van der Waals surface area contributed by atoms with Crippen molar-refractivity contribution in [2.24, 2.45) is 0 Å². The monoisotopic (exact) mass is 335 g/mol. The van der Waals surface area contributed by atoms with Crippen LogP contribution in [0.3, 0.4) is 0 Å². The van der Waals surface area contributed by atoms with Crippen LogP contribution in [0.5, 0.6) is 0 Å². The van der Waals surface area contributed by atoms with Crippen molar-refractivity contribution in [3.05, 3.63) is 77.6 Å². The van der Waals surface area contributed by atoms with Gasteiger partial charge in [0.1, 0.15) is 0 Å². The van der Waals surface area contributed by atoms with Crippen molar-refractivity contribution >= 4 is 16.8 Å². The van der Waals surface area contributed by atoms with Crippen molar-refractivity contribution in [3.8, 4) is 0 Å². The Labute approximate surface area is 146 Å². The van der Waals surface area contributed by atoms with Crippen LogP contribution in [0, 0.1) is 6.92 Å². The number of aliphatic hydroxyl groups is 1. The van der Waals surface area contributed by atoms with Gasteiger partial charge >= 0.3 is 6.03 Å². The molecule has 0 fully saturated rings. The molecule has 0 saturated carbocycles. The smallest absolute Gasteiger partial charge is 0.315 e. The molecule has 0 saturated heterocycles. The summed E-state index contributed by atoms with van der Waals surface area (Å²) in [6.45, 7) is 2.46. The molecule has 2 amide bonds. The molecule has 3 rings (SSSR count). The number of aliphatic hydroxyl groups excluding tert-OH is 1. The summed E-state index contributed by atoms with van der Waals surface area (Å²) in [7, 11) is 0. The molecule has 0 unspecified atom stereocenters. The standard InChI is InChI=1S/C20H21N3O2/c1-14-6-7-15(11-21-14)12-22-20(25)23-13-19(24)18-9-8-16-4-2-3-5-17(16)10-18/h2-11,19,24H,12-13H2,1H3,(H2,22,23,25)/t19-/m0/s1. The molecule has 0 radical (unpaired) electrons. The average molecular weight is 335 g/mol. The number of pyridine rings is 1. The third kappa shape index (κ3) is 4.55. The Morgan fingerprint density at radius 3 is 2.64 bits per heavy atom. The molecule has 5 heteroatoms. The zero-order chi connectivity index (χ0) is 17.6. The predicted octanol–water partition coefficient (Wildman–Crippen LogP) is 3.08. The maximum absolute atomic E-state index is 11.9. The van der Waals surface area contributed by atoms with Gasteiger partial charge in [-0.25, -0.2) is 4.79 Å². The molecule has 0 aliphatic carbocycles. The molecular formula is C20H21N3O2. The highest BCUT2D eigenvalue weighted by atomic mass is 16.3. The lowest BCUT2D eigenvalue weighted by molar-refractivity contribution is 0.173. The molecule has 2 aromatic carbocycles. The second-order valence-electron chi connectivity index (χ2n) is 5.99.